The Morgan fingerprint density at radius 3 is 2.30 bits per heavy atom. The molecule has 0 aliphatic carbocycles. The minimum Gasteiger partial charge on any atom is -0.481 e. The highest BCUT2D eigenvalue weighted by atomic mass is 19.4. The number of aromatic nitrogens is 1. The summed E-state index contributed by atoms with van der Waals surface area (Å²) in [4.78, 5) is 4.04. The van der Waals surface area contributed by atoms with E-state index in [0.29, 0.717) is 18.1 Å². The van der Waals surface area contributed by atoms with E-state index in [1.807, 2.05) is 6.07 Å². The molecule has 0 bridgehead atoms. The van der Waals surface area contributed by atoms with E-state index < -0.39 is 11.7 Å². The first-order valence-corrected chi connectivity index (χ1v) is 5.89. The summed E-state index contributed by atoms with van der Waals surface area (Å²) >= 11 is 0. The highest BCUT2D eigenvalue weighted by Gasteiger charge is 2.29. The van der Waals surface area contributed by atoms with Crippen molar-refractivity contribution in [1.82, 2.24) is 4.98 Å². The van der Waals surface area contributed by atoms with E-state index in [1.165, 1.54) is 19.2 Å². The molecule has 20 heavy (non-hydrogen) atoms. The molecule has 1 aromatic heterocycles. The normalized spacial score (nSPS) is 11.2. The van der Waals surface area contributed by atoms with E-state index in [0.717, 1.165) is 17.7 Å². The number of pyridine rings is 1. The molecule has 0 fully saturated rings. The van der Waals surface area contributed by atoms with Crippen molar-refractivity contribution in [3.05, 3.63) is 53.7 Å². The largest absolute Gasteiger partial charge is 0.481 e. The molecule has 0 saturated carbocycles. The smallest absolute Gasteiger partial charge is 0.416 e. The molecule has 0 atom stereocenters. The molecule has 106 valence electrons. The third-order valence-corrected chi connectivity index (χ3v) is 2.72. The number of ether oxygens (including phenoxy) is 1. The number of nitrogens with one attached hydrogen (secondary N) is 1. The molecule has 2 rings (SSSR count). The van der Waals surface area contributed by atoms with Gasteiger partial charge in [-0.1, -0.05) is 6.07 Å². The summed E-state index contributed by atoms with van der Waals surface area (Å²) in [6, 6.07) is 8.47. The molecule has 1 heterocycles. The lowest BCUT2D eigenvalue weighted by atomic mass is 10.2. The Balaban J connectivity index is 1.96. The fraction of sp³-hybridized carbons (Fsp3) is 0.214. The second-order valence-electron chi connectivity index (χ2n) is 4.14. The standard InChI is InChI=1S/C14H13F3N2O/c1-20-13-7-2-10(9-19-13)8-18-12-5-3-11(4-6-12)14(15,16)17/h2-7,9,18H,8H2,1H3. The van der Waals surface area contributed by atoms with Gasteiger partial charge in [-0.05, 0) is 29.8 Å². The van der Waals surface area contributed by atoms with Crippen molar-refractivity contribution in [2.24, 2.45) is 0 Å². The zero-order chi connectivity index (χ0) is 14.6. The maximum absolute atomic E-state index is 12.4. The minimum atomic E-state index is -4.31. The summed E-state index contributed by atoms with van der Waals surface area (Å²) in [6.45, 7) is 0.475. The molecular weight excluding hydrogens is 269 g/mol. The Kier molecular flexibility index (Phi) is 4.12. The Morgan fingerprint density at radius 2 is 1.80 bits per heavy atom. The van der Waals surface area contributed by atoms with Crippen LogP contribution in [0.4, 0.5) is 18.9 Å². The Labute approximate surface area is 114 Å². The van der Waals surface area contributed by atoms with Crippen LogP contribution in [0.25, 0.3) is 0 Å². The first-order valence-electron chi connectivity index (χ1n) is 5.89. The monoisotopic (exact) mass is 282 g/mol. The molecule has 1 aromatic carbocycles. The first kappa shape index (κ1) is 14.2. The van der Waals surface area contributed by atoms with Crippen molar-refractivity contribution in [1.29, 1.82) is 0 Å². The van der Waals surface area contributed by atoms with Gasteiger partial charge in [0.25, 0.3) is 0 Å². The van der Waals surface area contributed by atoms with Crippen LogP contribution in [-0.4, -0.2) is 12.1 Å². The number of methoxy groups -OCH3 is 1. The third-order valence-electron chi connectivity index (χ3n) is 2.72. The van der Waals surface area contributed by atoms with Gasteiger partial charge < -0.3 is 10.1 Å². The number of halogens is 3. The molecule has 3 nitrogen and oxygen atoms in total. The molecule has 0 radical (unpaired) electrons. The summed E-state index contributed by atoms with van der Waals surface area (Å²) in [5, 5.41) is 3.03. The highest BCUT2D eigenvalue weighted by Crippen LogP contribution is 2.29. The number of anilines is 1. The second kappa shape index (κ2) is 5.81. The van der Waals surface area contributed by atoms with Crippen LogP contribution in [0, 0.1) is 0 Å². The summed E-state index contributed by atoms with van der Waals surface area (Å²) in [6.07, 6.45) is -2.66. The van der Waals surface area contributed by atoms with Crippen LogP contribution >= 0.6 is 0 Å². The lowest BCUT2D eigenvalue weighted by molar-refractivity contribution is -0.137. The van der Waals surface area contributed by atoms with Gasteiger partial charge >= 0.3 is 6.18 Å². The SMILES string of the molecule is COc1ccc(CNc2ccc(C(F)(F)F)cc2)cn1. The zero-order valence-electron chi connectivity index (χ0n) is 10.7. The van der Waals surface area contributed by atoms with Gasteiger partial charge in [-0.15, -0.1) is 0 Å². The average molecular weight is 282 g/mol. The number of rotatable bonds is 4. The lowest BCUT2D eigenvalue weighted by Gasteiger charge is -2.09. The van der Waals surface area contributed by atoms with Gasteiger partial charge in [0.1, 0.15) is 0 Å². The molecule has 0 unspecified atom stereocenters. The van der Waals surface area contributed by atoms with E-state index in [-0.39, 0.29) is 0 Å². The second-order valence-corrected chi connectivity index (χ2v) is 4.14. The van der Waals surface area contributed by atoms with Crippen LogP contribution in [-0.2, 0) is 12.7 Å². The van der Waals surface area contributed by atoms with Gasteiger partial charge in [-0.25, -0.2) is 4.98 Å². The molecule has 0 aliphatic rings. The van der Waals surface area contributed by atoms with Crippen molar-refractivity contribution in [3.63, 3.8) is 0 Å². The third kappa shape index (κ3) is 3.63. The topological polar surface area (TPSA) is 34.1 Å². The quantitative estimate of drug-likeness (QED) is 0.928. The van der Waals surface area contributed by atoms with Gasteiger partial charge in [0, 0.05) is 24.5 Å². The van der Waals surface area contributed by atoms with E-state index in [1.54, 1.807) is 12.3 Å². The summed E-state index contributed by atoms with van der Waals surface area (Å²) in [5.41, 5.74) is 0.869. The Bertz CT molecular complexity index is 550. The van der Waals surface area contributed by atoms with Crippen molar-refractivity contribution in [3.8, 4) is 5.88 Å². The predicted molar refractivity (Wildman–Crippen MR) is 69.6 cm³/mol. The number of alkyl halides is 3. The number of benzene rings is 1. The van der Waals surface area contributed by atoms with Crippen LogP contribution in [0.15, 0.2) is 42.6 Å². The number of hydrogen-bond donors (Lipinski definition) is 1. The molecule has 0 aliphatic heterocycles. The van der Waals surface area contributed by atoms with Gasteiger partial charge in [0.2, 0.25) is 5.88 Å². The van der Waals surface area contributed by atoms with Crippen LogP contribution < -0.4 is 10.1 Å². The maximum Gasteiger partial charge on any atom is 0.416 e. The van der Waals surface area contributed by atoms with E-state index in [4.69, 9.17) is 4.74 Å². The van der Waals surface area contributed by atoms with Gasteiger partial charge in [0.05, 0.1) is 12.7 Å². The van der Waals surface area contributed by atoms with Crippen molar-refractivity contribution < 1.29 is 17.9 Å². The van der Waals surface area contributed by atoms with Crippen LogP contribution in [0.2, 0.25) is 0 Å². The minimum absolute atomic E-state index is 0.475. The average Bonchev–Trinajstić information content (AvgIpc) is 2.45. The molecule has 6 heteroatoms. The molecule has 0 spiro atoms. The van der Waals surface area contributed by atoms with Crippen LogP contribution in [0.1, 0.15) is 11.1 Å². The molecule has 0 amide bonds. The van der Waals surface area contributed by atoms with Crippen LogP contribution in [0.3, 0.4) is 0 Å². The van der Waals surface area contributed by atoms with Gasteiger partial charge in [-0.2, -0.15) is 13.2 Å². The van der Waals surface area contributed by atoms with Crippen LogP contribution in [0.5, 0.6) is 5.88 Å². The number of hydrogen-bond acceptors (Lipinski definition) is 3. The van der Waals surface area contributed by atoms with Crippen molar-refractivity contribution in [2.75, 3.05) is 12.4 Å². The van der Waals surface area contributed by atoms with Gasteiger partial charge in [0.15, 0.2) is 0 Å². The lowest BCUT2D eigenvalue weighted by Crippen LogP contribution is -2.05. The van der Waals surface area contributed by atoms with Crippen molar-refractivity contribution >= 4 is 5.69 Å². The summed E-state index contributed by atoms with van der Waals surface area (Å²) in [7, 11) is 1.53. The Hall–Kier alpha value is -2.24. The molecular formula is C14H13F3N2O. The Morgan fingerprint density at radius 1 is 1.10 bits per heavy atom. The van der Waals surface area contributed by atoms with E-state index in [9.17, 15) is 13.2 Å². The van der Waals surface area contributed by atoms with Crippen molar-refractivity contribution in [2.45, 2.75) is 12.7 Å². The summed E-state index contributed by atoms with van der Waals surface area (Å²) in [5.74, 6) is 0.517. The molecule has 0 saturated heterocycles. The predicted octanol–water partition coefficient (Wildman–Crippen LogP) is 3.72. The van der Waals surface area contributed by atoms with Gasteiger partial charge in [-0.3, -0.25) is 0 Å². The summed E-state index contributed by atoms with van der Waals surface area (Å²) < 4.78 is 42.1. The maximum atomic E-state index is 12.4. The molecule has 1 N–H and O–H groups in total. The highest BCUT2D eigenvalue weighted by molar-refractivity contribution is 5.45. The molecule has 2 aromatic rings. The zero-order valence-corrected chi connectivity index (χ0v) is 10.7. The van der Waals surface area contributed by atoms with E-state index in [2.05, 4.69) is 10.3 Å². The first-order chi connectivity index (χ1) is 9.49. The number of nitrogens with zero attached hydrogens (tertiary/aromatic N) is 1. The fourth-order valence-electron chi connectivity index (χ4n) is 1.62. The van der Waals surface area contributed by atoms with E-state index >= 15 is 0 Å². The fourth-order valence-corrected chi connectivity index (χ4v) is 1.62.